The summed E-state index contributed by atoms with van der Waals surface area (Å²) < 4.78 is 0. The zero-order valence-electron chi connectivity index (χ0n) is 8.52. The van der Waals surface area contributed by atoms with Crippen LogP contribution >= 0.6 is 11.6 Å². The maximum atomic E-state index is 8.61. The van der Waals surface area contributed by atoms with E-state index < -0.39 is 0 Å². The highest BCUT2D eigenvalue weighted by atomic mass is 35.5. The first-order valence-corrected chi connectivity index (χ1v) is 5.28. The van der Waals surface area contributed by atoms with Crippen LogP contribution in [-0.2, 0) is 0 Å². The highest BCUT2D eigenvalue weighted by Crippen LogP contribution is 2.25. The van der Waals surface area contributed by atoms with Crippen molar-refractivity contribution in [1.82, 2.24) is 4.98 Å². The number of hydrogen-bond donors (Lipinski definition) is 1. The van der Waals surface area contributed by atoms with Gasteiger partial charge in [0.15, 0.2) is 0 Å². The molecule has 16 heavy (non-hydrogen) atoms. The molecule has 0 aliphatic rings. The van der Waals surface area contributed by atoms with Gasteiger partial charge in [0, 0.05) is 17.0 Å². The number of fused-ring (bicyclic) bond motifs is 1. The molecule has 0 unspecified atom stereocenters. The van der Waals surface area contributed by atoms with E-state index in [0.29, 0.717) is 5.15 Å². The summed E-state index contributed by atoms with van der Waals surface area (Å²) >= 11 is 6.03. The molecule has 1 atom stereocenters. The molecule has 4 heteroatoms. The van der Waals surface area contributed by atoms with E-state index in [-0.39, 0.29) is 12.5 Å². The zero-order valence-corrected chi connectivity index (χ0v) is 9.28. The molecular weight excluding hydrogens is 222 g/mol. The van der Waals surface area contributed by atoms with E-state index in [0.717, 1.165) is 16.5 Å². The first-order valence-electron chi connectivity index (χ1n) is 4.90. The fourth-order valence-corrected chi connectivity index (χ4v) is 1.86. The van der Waals surface area contributed by atoms with Gasteiger partial charge >= 0.3 is 0 Å². The van der Waals surface area contributed by atoms with Crippen molar-refractivity contribution >= 4 is 22.5 Å². The van der Waals surface area contributed by atoms with Gasteiger partial charge in [-0.1, -0.05) is 29.8 Å². The average Bonchev–Trinajstić information content (AvgIpc) is 2.28. The lowest BCUT2D eigenvalue weighted by Crippen LogP contribution is -2.10. The first kappa shape index (κ1) is 10.9. The molecule has 0 radical (unpaired) electrons. The summed E-state index contributed by atoms with van der Waals surface area (Å²) in [7, 11) is 0. The molecule has 2 aromatic rings. The van der Waals surface area contributed by atoms with Crippen LogP contribution in [0.5, 0.6) is 0 Å². The molecule has 0 aliphatic carbocycles. The smallest absolute Gasteiger partial charge is 0.134 e. The molecule has 3 nitrogen and oxygen atoms in total. The normalized spacial score (nSPS) is 12.3. The minimum Gasteiger partial charge on any atom is -0.323 e. The van der Waals surface area contributed by atoms with Gasteiger partial charge in [-0.15, -0.1) is 0 Å². The Labute approximate surface area is 98.5 Å². The number of rotatable bonds is 2. The van der Waals surface area contributed by atoms with Gasteiger partial charge in [0.25, 0.3) is 0 Å². The van der Waals surface area contributed by atoms with Crippen molar-refractivity contribution < 1.29 is 0 Å². The lowest BCUT2D eigenvalue weighted by atomic mass is 10.1. The third kappa shape index (κ3) is 1.99. The highest BCUT2D eigenvalue weighted by Gasteiger charge is 2.12. The second-order valence-corrected chi connectivity index (χ2v) is 3.89. The van der Waals surface area contributed by atoms with Crippen molar-refractivity contribution in [2.75, 3.05) is 0 Å². The van der Waals surface area contributed by atoms with Crippen molar-refractivity contribution in [1.29, 1.82) is 5.26 Å². The van der Waals surface area contributed by atoms with Crippen LogP contribution in [0.4, 0.5) is 0 Å². The standard InChI is InChI=1S/C12H10ClN3/c13-12-9(10(15)5-6-14)7-8-3-1-2-4-11(8)16-12/h1-4,7,10H,5,15H2/t10-/m1/s1. The molecule has 1 heterocycles. The van der Waals surface area contributed by atoms with Gasteiger partial charge in [-0.25, -0.2) is 4.98 Å². The minimum atomic E-state index is -0.380. The van der Waals surface area contributed by atoms with Crippen molar-refractivity contribution in [3.63, 3.8) is 0 Å². The summed E-state index contributed by atoms with van der Waals surface area (Å²) in [5.41, 5.74) is 7.41. The number of aromatic nitrogens is 1. The predicted molar refractivity (Wildman–Crippen MR) is 63.9 cm³/mol. The second-order valence-electron chi connectivity index (χ2n) is 3.53. The zero-order chi connectivity index (χ0) is 11.5. The van der Waals surface area contributed by atoms with Crippen molar-refractivity contribution in [3.05, 3.63) is 41.0 Å². The lowest BCUT2D eigenvalue weighted by Gasteiger charge is -2.10. The van der Waals surface area contributed by atoms with Crippen LogP contribution in [0.3, 0.4) is 0 Å². The van der Waals surface area contributed by atoms with E-state index in [1.165, 1.54) is 0 Å². The molecule has 0 fully saturated rings. The fraction of sp³-hybridized carbons (Fsp3) is 0.167. The number of nitrogens with two attached hydrogens (primary N) is 1. The maximum absolute atomic E-state index is 8.61. The Hall–Kier alpha value is -1.63. The lowest BCUT2D eigenvalue weighted by molar-refractivity contribution is 0.746. The van der Waals surface area contributed by atoms with E-state index in [1.54, 1.807) is 0 Å². The van der Waals surface area contributed by atoms with Crippen LogP contribution in [0.1, 0.15) is 18.0 Å². The summed E-state index contributed by atoms with van der Waals surface area (Å²) in [6.07, 6.45) is 0.236. The summed E-state index contributed by atoms with van der Waals surface area (Å²) in [6, 6.07) is 11.2. The molecule has 0 aliphatic heterocycles. The second kappa shape index (κ2) is 4.48. The minimum absolute atomic E-state index is 0.236. The SMILES string of the molecule is N#CC[C@@H](N)c1cc2ccccc2nc1Cl. The molecule has 2 rings (SSSR count). The van der Waals surface area contributed by atoms with Crippen LogP contribution in [0.25, 0.3) is 10.9 Å². The Bertz CT molecular complexity index is 560. The number of halogens is 1. The average molecular weight is 232 g/mol. The molecule has 0 saturated heterocycles. The number of pyridine rings is 1. The predicted octanol–water partition coefficient (Wildman–Crippen LogP) is 2.80. The third-order valence-corrected chi connectivity index (χ3v) is 2.72. The summed E-state index contributed by atoms with van der Waals surface area (Å²) in [4.78, 5) is 4.25. The summed E-state index contributed by atoms with van der Waals surface area (Å²) in [5, 5.41) is 9.97. The Kier molecular flexibility index (Phi) is 3.04. The fourth-order valence-electron chi connectivity index (χ4n) is 1.58. The summed E-state index contributed by atoms with van der Waals surface area (Å²) in [5.74, 6) is 0. The molecule has 1 aromatic carbocycles. The number of para-hydroxylation sites is 1. The largest absolute Gasteiger partial charge is 0.323 e. The Balaban J connectivity index is 2.54. The van der Waals surface area contributed by atoms with Gasteiger partial charge in [-0.2, -0.15) is 5.26 Å². The number of nitrogens with zero attached hydrogens (tertiary/aromatic N) is 2. The molecule has 0 saturated carbocycles. The van der Waals surface area contributed by atoms with Gasteiger partial charge in [-0.05, 0) is 12.1 Å². The Morgan fingerprint density at radius 3 is 2.94 bits per heavy atom. The third-order valence-electron chi connectivity index (χ3n) is 2.42. The van der Waals surface area contributed by atoms with Crippen LogP contribution in [0.2, 0.25) is 5.15 Å². The quantitative estimate of drug-likeness (QED) is 0.809. The molecule has 0 spiro atoms. The molecule has 80 valence electrons. The van der Waals surface area contributed by atoms with Crippen LogP contribution in [0, 0.1) is 11.3 Å². The van der Waals surface area contributed by atoms with Gasteiger partial charge in [0.2, 0.25) is 0 Å². The maximum Gasteiger partial charge on any atom is 0.134 e. The van der Waals surface area contributed by atoms with Crippen LogP contribution in [0.15, 0.2) is 30.3 Å². The van der Waals surface area contributed by atoms with E-state index >= 15 is 0 Å². The topological polar surface area (TPSA) is 62.7 Å². The first-order chi connectivity index (χ1) is 7.72. The number of benzene rings is 1. The molecule has 1 aromatic heterocycles. The molecule has 0 amide bonds. The number of hydrogen-bond acceptors (Lipinski definition) is 3. The van der Waals surface area contributed by atoms with Gasteiger partial charge in [0.1, 0.15) is 5.15 Å². The van der Waals surface area contributed by atoms with Crippen LogP contribution < -0.4 is 5.73 Å². The van der Waals surface area contributed by atoms with E-state index in [2.05, 4.69) is 4.98 Å². The van der Waals surface area contributed by atoms with Gasteiger partial charge in [-0.3, -0.25) is 0 Å². The van der Waals surface area contributed by atoms with Gasteiger partial charge < -0.3 is 5.73 Å². The molecule has 0 bridgehead atoms. The Morgan fingerprint density at radius 1 is 1.44 bits per heavy atom. The van der Waals surface area contributed by atoms with Crippen molar-refractivity contribution in [2.24, 2.45) is 5.73 Å². The van der Waals surface area contributed by atoms with Crippen LogP contribution in [-0.4, -0.2) is 4.98 Å². The Morgan fingerprint density at radius 2 is 2.19 bits per heavy atom. The van der Waals surface area contributed by atoms with Gasteiger partial charge in [0.05, 0.1) is 18.0 Å². The van der Waals surface area contributed by atoms with E-state index in [9.17, 15) is 0 Å². The molecule has 2 N–H and O–H groups in total. The van der Waals surface area contributed by atoms with Crippen molar-refractivity contribution in [3.8, 4) is 6.07 Å². The molecular formula is C12H10ClN3. The number of nitriles is 1. The van der Waals surface area contributed by atoms with E-state index in [1.807, 2.05) is 36.4 Å². The highest BCUT2D eigenvalue weighted by molar-refractivity contribution is 6.30. The monoisotopic (exact) mass is 231 g/mol. The summed E-state index contributed by atoms with van der Waals surface area (Å²) in [6.45, 7) is 0. The van der Waals surface area contributed by atoms with E-state index in [4.69, 9.17) is 22.6 Å². The van der Waals surface area contributed by atoms with Crippen molar-refractivity contribution in [2.45, 2.75) is 12.5 Å².